The molecule has 5 aromatic carbocycles. The van der Waals surface area contributed by atoms with E-state index in [9.17, 15) is 24.0 Å². The Labute approximate surface area is 315 Å². The van der Waals surface area contributed by atoms with Crippen molar-refractivity contribution in [3.63, 3.8) is 0 Å². The number of ether oxygens (including phenoxy) is 6. The topological polar surface area (TPSA) is 141 Å². The van der Waals surface area contributed by atoms with E-state index in [2.05, 4.69) is 13.2 Å². The maximum atomic E-state index is 13.2. The summed E-state index contributed by atoms with van der Waals surface area (Å²) in [5, 5.41) is 2.98. The summed E-state index contributed by atoms with van der Waals surface area (Å²) in [6, 6.07) is 24.3. The molecule has 11 nitrogen and oxygen atoms in total. The van der Waals surface area contributed by atoms with Gasteiger partial charge in [0.15, 0.2) is 5.78 Å². The van der Waals surface area contributed by atoms with E-state index in [0.29, 0.717) is 11.5 Å². The normalized spacial score (nSPS) is 9.72. The van der Waals surface area contributed by atoms with Crippen LogP contribution in [0.4, 0.5) is 0 Å². The van der Waals surface area contributed by atoms with E-state index in [1.165, 1.54) is 18.2 Å². The van der Waals surface area contributed by atoms with Crippen molar-refractivity contribution in [1.82, 2.24) is 0 Å². The zero-order chi connectivity index (χ0) is 35.6. The van der Waals surface area contributed by atoms with Crippen molar-refractivity contribution in [2.24, 2.45) is 0 Å². The van der Waals surface area contributed by atoms with Gasteiger partial charge in [0.05, 0.1) is 16.7 Å². The van der Waals surface area contributed by atoms with Gasteiger partial charge in [-0.05, 0) is 88.3 Å². The first-order valence-electron chi connectivity index (χ1n) is 15.2. The zero-order valence-electron chi connectivity index (χ0n) is 26.8. The van der Waals surface area contributed by atoms with E-state index in [1.54, 1.807) is 79.7 Å². The van der Waals surface area contributed by atoms with Crippen molar-refractivity contribution in [3.8, 4) is 23.0 Å². The Balaban J connectivity index is 0.00000364. The molecule has 0 unspecified atom stereocenters. The zero-order valence-corrected chi connectivity index (χ0v) is 26.8. The minimum atomic E-state index is -0.694. The second-order valence-electron chi connectivity index (χ2n) is 10.5. The highest BCUT2D eigenvalue weighted by Crippen LogP contribution is 2.29. The molecule has 0 N–H and O–H groups in total. The van der Waals surface area contributed by atoms with Crippen LogP contribution in [-0.2, 0) is 19.1 Å². The van der Waals surface area contributed by atoms with Crippen LogP contribution >= 0.6 is 0 Å². The molecule has 0 aliphatic heterocycles. The fraction of sp³-hybridized carbons (Fsp3) is 0.186. The molecule has 0 spiro atoms. The van der Waals surface area contributed by atoms with Crippen LogP contribution in [0.1, 0.15) is 74.1 Å². The molecule has 0 aliphatic carbocycles. The van der Waals surface area contributed by atoms with Crippen LogP contribution in [0, 0.1) is 0 Å². The van der Waals surface area contributed by atoms with Gasteiger partial charge in [-0.2, -0.15) is 0 Å². The lowest BCUT2D eigenvalue weighted by Gasteiger charge is -2.12. The molecule has 0 radical (unpaired) electrons. The number of carbonyl (C=O) groups excluding carboxylic acids is 5. The lowest BCUT2D eigenvalue weighted by Crippen LogP contribution is -2.13. The number of hydrogen-bond acceptors (Lipinski definition) is 11. The van der Waals surface area contributed by atoms with E-state index >= 15 is 0 Å². The van der Waals surface area contributed by atoms with Crippen LogP contribution in [0.5, 0.6) is 23.0 Å². The molecule has 11 heteroatoms. The molecule has 0 bridgehead atoms. The van der Waals surface area contributed by atoms with Gasteiger partial charge in [-0.3, -0.25) is 4.79 Å². The number of Topliss-reactive ketones (excluding diaryl/α,β-unsaturated/α-hetero) is 1. The van der Waals surface area contributed by atoms with Gasteiger partial charge in [-0.15, -0.1) is 0 Å². The number of carbonyl (C=O) groups is 5. The Morgan fingerprint density at radius 2 is 0.963 bits per heavy atom. The average molecular weight is 739 g/mol. The van der Waals surface area contributed by atoms with E-state index in [0.717, 1.165) is 33.7 Å². The first-order valence-corrected chi connectivity index (χ1v) is 15.2. The lowest BCUT2D eigenvalue weighted by molar-refractivity contribution is -0.145. The van der Waals surface area contributed by atoms with Gasteiger partial charge in [0.1, 0.15) is 23.0 Å². The first-order chi connectivity index (χ1) is 24.2. The summed E-state index contributed by atoms with van der Waals surface area (Å²) in [7, 11) is 0. The smallest absolute Gasteiger partial charge is 0.343 e. The predicted octanol–water partition coefficient (Wildman–Crippen LogP) is 9.70. The maximum absolute atomic E-state index is 13.2. The predicted molar refractivity (Wildman–Crippen MR) is 209 cm³/mol. The fourth-order valence-electron chi connectivity index (χ4n) is 4.70. The van der Waals surface area contributed by atoms with Crippen molar-refractivity contribution in [1.29, 1.82) is 0 Å². The third-order valence-corrected chi connectivity index (χ3v) is 7.27. The van der Waals surface area contributed by atoms with E-state index in [1.807, 2.05) is 0 Å². The molecule has 54 heavy (non-hydrogen) atoms. The molecule has 0 aromatic heterocycles. The minimum Gasteiger partial charge on any atom is -0.457 e. The average Bonchev–Trinajstić information content (AvgIpc) is 3.14. The summed E-state index contributed by atoms with van der Waals surface area (Å²) < 4.78 is 31.7. The number of benzene rings is 5. The van der Waals surface area contributed by atoms with Crippen LogP contribution in [0.2, 0.25) is 0 Å². The Hall–Kier alpha value is -6.75. The third-order valence-electron chi connectivity index (χ3n) is 7.27. The second-order valence-corrected chi connectivity index (χ2v) is 10.5. The molecule has 5 rings (SSSR count). The van der Waals surface area contributed by atoms with Crippen LogP contribution in [0.15, 0.2) is 116 Å². The molecule has 0 amide bonds. The highest BCUT2D eigenvalue weighted by Gasteiger charge is 2.19. The third kappa shape index (κ3) is 11.4. The minimum absolute atomic E-state index is 0. The molecule has 0 saturated heterocycles. The van der Waals surface area contributed by atoms with Crippen LogP contribution in [-0.4, -0.2) is 43.2 Å². The van der Waals surface area contributed by atoms with Gasteiger partial charge in [-0.1, -0.05) is 74.1 Å². The summed E-state index contributed by atoms with van der Waals surface area (Å²) in [4.78, 5) is 61.5. The molecular formula is C43H46O11. The largest absolute Gasteiger partial charge is 0.457 e. The van der Waals surface area contributed by atoms with Gasteiger partial charge in [0, 0.05) is 18.6 Å². The molecule has 0 saturated carbocycles. The van der Waals surface area contributed by atoms with Crippen molar-refractivity contribution in [2.45, 2.75) is 43.1 Å². The van der Waals surface area contributed by atoms with Crippen LogP contribution in [0.25, 0.3) is 21.5 Å². The number of ketones is 1. The maximum Gasteiger partial charge on any atom is 0.343 e. The highest BCUT2D eigenvalue weighted by molar-refractivity contribution is 6.02. The van der Waals surface area contributed by atoms with Gasteiger partial charge >= 0.3 is 23.9 Å². The van der Waals surface area contributed by atoms with Gasteiger partial charge in [0.25, 0.3) is 0 Å². The Morgan fingerprint density at radius 3 is 1.43 bits per heavy atom. The SMILES string of the molecule is C.C.C.C.C=CC(=O)OCOc1ccc2cc(C(=O)Oc3ccc(OC(=O)c4ccc5cc(OCOC(=O)C=C)ccc5c4)c(C(=O)CC)c3)ccc2c1. The standard InChI is InChI=1S/C39H30O11.4CH4/c1-4-34(40)33-21-32(49-38(43)28-9-7-26-19-30(13-11-24(26)17-28)45-22-47-36(41)5-2)15-16-35(33)50-39(44)29-10-8-27-20-31(14-12-25(27)18-29)46-23-48-37(42)6-3;;;;/h5-21H,2-4,22-23H2,1H3;4*1H4. The van der Waals surface area contributed by atoms with Crippen LogP contribution in [0.3, 0.4) is 0 Å². The van der Waals surface area contributed by atoms with Crippen LogP contribution < -0.4 is 18.9 Å². The van der Waals surface area contributed by atoms with Crippen molar-refractivity contribution >= 4 is 51.2 Å². The molecule has 0 aliphatic rings. The number of rotatable bonds is 14. The molecule has 0 fully saturated rings. The summed E-state index contributed by atoms with van der Waals surface area (Å²) in [6.07, 6.45) is 2.18. The van der Waals surface area contributed by atoms with Gasteiger partial charge < -0.3 is 28.4 Å². The van der Waals surface area contributed by atoms with Crippen molar-refractivity contribution < 1.29 is 52.4 Å². The lowest BCUT2D eigenvalue weighted by atomic mass is 10.1. The van der Waals surface area contributed by atoms with E-state index in [4.69, 9.17) is 28.4 Å². The second kappa shape index (κ2) is 20.9. The number of esters is 4. The Bertz CT molecular complexity index is 2150. The summed E-state index contributed by atoms with van der Waals surface area (Å²) >= 11 is 0. The molecule has 5 aromatic rings. The summed E-state index contributed by atoms with van der Waals surface area (Å²) in [5.74, 6) is -1.86. The Morgan fingerprint density at radius 1 is 0.537 bits per heavy atom. The fourth-order valence-corrected chi connectivity index (χ4v) is 4.70. The molecule has 284 valence electrons. The van der Waals surface area contributed by atoms with E-state index < -0.39 is 23.9 Å². The molecule has 0 heterocycles. The first kappa shape index (κ1) is 45.3. The number of hydrogen-bond donors (Lipinski definition) is 0. The molecule has 0 atom stereocenters. The summed E-state index contributed by atoms with van der Waals surface area (Å²) in [5.41, 5.74) is 0.578. The summed E-state index contributed by atoms with van der Waals surface area (Å²) in [6.45, 7) is 7.75. The highest BCUT2D eigenvalue weighted by atomic mass is 16.7. The van der Waals surface area contributed by atoms with Gasteiger partial charge in [0.2, 0.25) is 13.6 Å². The van der Waals surface area contributed by atoms with Crippen molar-refractivity contribution in [3.05, 3.63) is 133 Å². The molecular weight excluding hydrogens is 692 g/mol. The Kier molecular flexibility index (Phi) is 17.6. The number of fused-ring (bicyclic) bond motifs is 2. The van der Waals surface area contributed by atoms with E-state index in [-0.39, 0.29) is 83.7 Å². The monoisotopic (exact) mass is 738 g/mol. The van der Waals surface area contributed by atoms with Gasteiger partial charge in [-0.25, -0.2) is 19.2 Å². The quantitative estimate of drug-likeness (QED) is 0.0353. The van der Waals surface area contributed by atoms with Crippen molar-refractivity contribution in [2.75, 3.05) is 13.6 Å².